The van der Waals surface area contributed by atoms with Gasteiger partial charge >= 0.3 is 0 Å². The van der Waals surface area contributed by atoms with Crippen LogP contribution in [-0.2, 0) is 0 Å². The van der Waals surface area contributed by atoms with Gasteiger partial charge in [0.25, 0.3) is 11.6 Å². The molecule has 0 bridgehead atoms. The number of amides is 1. The SMILES string of the molecule is CNCCNC(=O)c1cc(Br)cc([N+](=O)[O-])c1. The fourth-order valence-corrected chi connectivity index (χ4v) is 1.69. The number of benzene rings is 1. The quantitative estimate of drug-likeness (QED) is 0.488. The Bertz CT molecular complexity index is 437. The number of nitro groups is 1. The highest BCUT2D eigenvalue weighted by Gasteiger charge is 2.13. The molecule has 0 saturated heterocycles. The van der Waals surface area contributed by atoms with Gasteiger partial charge in [-0.15, -0.1) is 0 Å². The van der Waals surface area contributed by atoms with E-state index >= 15 is 0 Å². The third-order valence-corrected chi connectivity index (χ3v) is 2.47. The molecule has 1 aromatic carbocycles. The number of rotatable bonds is 5. The summed E-state index contributed by atoms with van der Waals surface area (Å²) < 4.78 is 0.505. The molecule has 0 unspecified atom stereocenters. The molecule has 2 N–H and O–H groups in total. The van der Waals surface area contributed by atoms with Crippen LogP contribution >= 0.6 is 15.9 Å². The van der Waals surface area contributed by atoms with E-state index in [0.717, 1.165) is 0 Å². The van der Waals surface area contributed by atoms with Gasteiger partial charge in [-0.05, 0) is 13.1 Å². The van der Waals surface area contributed by atoms with Gasteiger partial charge in [-0.25, -0.2) is 0 Å². The van der Waals surface area contributed by atoms with Crippen molar-refractivity contribution < 1.29 is 9.72 Å². The van der Waals surface area contributed by atoms with Crippen LogP contribution in [0.4, 0.5) is 5.69 Å². The van der Waals surface area contributed by atoms with Crippen molar-refractivity contribution in [2.75, 3.05) is 20.1 Å². The molecule has 0 aliphatic rings. The standard InChI is InChI=1S/C10H12BrN3O3/c1-12-2-3-13-10(15)7-4-8(11)6-9(5-7)14(16)17/h4-6,12H,2-3H2,1H3,(H,13,15). The summed E-state index contributed by atoms with van der Waals surface area (Å²) in [4.78, 5) is 21.8. The monoisotopic (exact) mass is 301 g/mol. The first kappa shape index (κ1) is 13.6. The average Bonchev–Trinajstić information content (AvgIpc) is 2.28. The molecule has 0 atom stereocenters. The van der Waals surface area contributed by atoms with Crippen molar-refractivity contribution in [1.29, 1.82) is 0 Å². The Labute approximate surface area is 107 Å². The topological polar surface area (TPSA) is 84.3 Å². The number of nitrogens with one attached hydrogen (secondary N) is 2. The predicted octanol–water partition coefficient (Wildman–Crippen LogP) is 1.31. The molecule has 0 fully saturated rings. The molecule has 1 amide bonds. The van der Waals surface area contributed by atoms with Gasteiger partial charge in [-0.1, -0.05) is 15.9 Å². The molecule has 0 spiro atoms. The number of carbonyl (C=O) groups is 1. The van der Waals surface area contributed by atoms with Gasteiger partial charge in [0.1, 0.15) is 0 Å². The Morgan fingerprint density at radius 2 is 2.12 bits per heavy atom. The summed E-state index contributed by atoms with van der Waals surface area (Å²) in [7, 11) is 1.77. The highest BCUT2D eigenvalue weighted by Crippen LogP contribution is 2.21. The zero-order valence-electron chi connectivity index (χ0n) is 9.20. The second kappa shape index (κ2) is 6.31. The molecule has 0 saturated carbocycles. The summed E-state index contributed by atoms with van der Waals surface area (Å²) in [6.45, 7) is 1.11. The lowest BCUT2D eigenvalue weighted by molar-refractivity contribution is -0.385. The van der Waals surface area contributed by atoms with Crippen molar-refractivity contribution in [2.45, 2.75) is 0 Å². The number of halogens is 1. The minimum absolute atomic E-state index is 0.113. The number of likely N-dealkylation sites (N-methyl/N-ethyl adjacent to an activating group) is 1. The zero-order valence-corrected chi connectivity index (χ0v) is 10.8. The van der Waals surface area contributed by atoms with Crippen LogP contribution in [0.5, 0.6) is 0 Å². The molecule has 6 nitrogen and oxygen atoms in total. The van der Waals surface area contributed by atoms with E-state index in [1.165, 1.54) is 12.1 Å². The molecule has 17 heavy (non-hydrogen) atoms. The Morgan fingerprint density at radius 3 is 2.71 bits per heavy atom. The highest BCUT2D eigenvalue weighted by atomic mass is 79.9. The second-order valence-corrected chi connectivity index (χ2v) is 4.23. The minimum atomic E-state index is -0.533. The molecule has 0 aromatic heterocycles. The van der Waals surface area contributed by atoms with Crippen LogP contribution in [0.15, 0.2) is 22.7 Å². The van der Waals surface area contributed by atoms with Gasteiger partial charge in [0.15, 0.2) is 0 Å². The number of nitro benzene ring substituents is 1. The first-order valence-electron chi connectivity index (χ1n) is 4.92. The summed E-state index contributed by atoms with van der Waals surface area (Å²) >= 11 is 3.13. The van der Waals surface area contributed by atoms with Crippen LogP contribution in [0.25, 0.3) is 0 Å². The Kier molecular flexibility index (Phi) is 5.05. The zero-order chi connectivity index (χ0) is 12.8. The third-order valence-electron chi connectivity index (χ3n) is 2.02. The normalized spacial score (nSPS) is 10.0. The maximum atomic E-state index is 11.7. The van der Waals surface area contributed by atoms with Crippen molar-refractivity contribution >= 4 is 27.5 Å². The lowest BCUT2D eigenvalue weighted by Crippen LogP contribution is -2.30. The van der Waals surface area contributed by atoms with Crippen molar-refractivity contribution in [2.24, 2.45) is 0 Å². The number of non-ortho nitro benzene ring substituents is 1. The van der Waals surface area contributed by atoms with E-state index in [4.69, 9.17) is 0 Å². The minimum Gasteiger partial charge on any atom is -0.351 e. The molecule has 7 heteroatoms. The van der Waals surface area contributed by atoms with Crippen molar-refractivity contribution in [3.05, 3.63) is 38.3 Å². The molecule has 0 aliphatic heterocycles. The molecular weight excluding hydrogens is 290 g/mol. The fourth-order valence-electron chi connectivity index (χ4n) is 1.21. The summed E-state index contributed by atoms with van der Waals surface area (Å²) in [5.41, 5.74) is 0.153. The van der Waals surface area contributed by atoms with Crippen LogP contribution in [-0.4, -0.2) is 31.0 Å². The number of nitrogens with zero attached hydrogens (tertiary/aromatic N) is 1. The van der Waals surface area contributed by atoms with Crippen LogP contribution in [0.1, 0.15) is 10.4 Å². The Balaban J connectivity index is 2.82. The number of hydrogen-bond donors (Lipinski definition) is 2. The summed E-state index contributed by atoms with van der Waals surface area (Å²) in [6, 6.07) is 4.14. The third kappa shape index (κ3) is 4.12. The van der Waals surface area contributed by atoms with Gasteiger partial charge in [-0.2, -0.15) is 0 Å². The van der Waals surface area contributed by atoms with Crippen molar-refractivity contribution in [3.8, 4) is 0 Å². The molecule has 0 aliphatic carbocycles. The summed E-state index contributed by atoms with van der Waals surface area (Å²) in [5.74, 6) is -0.329. The van der Waals surface area contributed by atoms with E-state index in [1.54, 1.807) is 13.1 Å². The van der Waals surface area contributed by atoms with Gasteiger partial charge < -0.3 is 10.6 Å². The van der Waals surface area contributed by atoms with Gasteiger partial charge in [0.2, 0.25) is 0 Å². The summed E-state index contributed by atoms with van der Waals surface area (Å²) in [6.07, 6.45) is 0. The van der Waals surface area contributed by atoms with E-state index < -0.39 is 4.92 Å². The highest BCUT2D eigenvalue weighted by molar-refractivity contribution is 9.10. The van der Waals surface area contributed by atoms with E-state index in [9.17, 15) is 14.9 Å². The average molecular weight is 302 g/mol. The van der Waals surface area contributed by atoms with E-state index in [0.29, 0.717) is 17.6 Å². The van der Waals surface area contributed by atoms with Crippen molar-refractivity contribution in [1.82, 2.24) is 10.6 Å². The summed E-state index contributed by atoms with van der Waals surface area (Å²) in [5, 5.41) is 16.2. The second-order valence-electron chi connectivity index (χ2n) is 3.31. The first-order valence-corrected chi connectivity index (χ1v) is 5.71. The number of hydrogen-bond acceptors (Lipinski definition) is 4. The van der Waals surface area contributed by atoms with Crippen molar-refractivity contribution in [3.63, 3.8) is 0 Å². The fraction of sp³-hybridized carbons (Fsp3) is 0.300. The smallest absolute Gasteiger partial charge is 0.271 e. The molecule has 1 rings (SSSR count). The van der Waals surface area contributed by atoms with Gasteiger partial charge in [-0.3, -0.25) is 14.9 Å². The lowest BCUT2D eigenvalue weighted by atomic mass is 10.2. The molecule has 0 radical (unpaired) electrons. The number of carbonyl (C=O) groups excluding carboxylic acids is 1. The molecule has 1 aromatic rings. The Hall–Kier alpha value is -1.47. The van der Waals surface area contributed by atoms with Crippen LogP contribution in [0, 0.1) is 10.1 Å². The maximum absolute atomic E-state index is 11.7. The Morgan fingerprint density at radius 1 is 1.41 bits per heavy atom. The van der Waals surface area contributed by atoms with Gasteiger partial charge in [0, 0.05) is 35.3 Å². The van der Waals surface area contributed by atoms with Gasteiger partial charge in [0.05, 0.1) is 4.92 Å². The van der Waals surface area contributed by atoms with E-state index in [2.05, 4.69) is 26.6 Å². The maximum Gasteiger partial charge on any atom is 0.271 e. The largest absolute Gasteiger partial charge is 0.351 e. The van der Waals surface area contributed by atoms with Crippen LogP contribution in [0.2, 0.25) is 0 Å². The molecule has 0 heterocycles. The predicted molar refractivity (Wildman–Crippen MR) is 67.1 cm³/mol. The van der Waals surface area contributed by atoms with E-state index in [1.807, 2.05) is 0 Å². The van der Waals surface area contributed by atoms with E-state index in [-0.39, 0.29) is 17.2 Å². The lowest BCUT2D eigenvalue weighted by Gasteiger charge is -2.05. The molecular formula is C10H12BrN3O3. The van der Waals surface area contributed by atoms with Crippen LogP contribution < -0.4 is 10.6 Å². The first-order chi connectivity index (χ1) is 8.04. The van der Waals surface area contributed by atoms with Crippen LogP contribution in [0.3, 0.4) is 0 Å². The molecule has 92 valence electrons.